The largest absolute Gasteiger partial charge is 0.394 e. The van der Waals surface area contributed by atoms with Crippen LogP contribution in [0.1, 0.15) is 17.6 Å². The van der Waals surface area contributed by atoms with Gasteiger partial charge in [-0.3, -0.25) is 14.2 Å². The fourth-order valence-electron chi connectivity index (χ4n) is 1.79. The van der Waals surface area contributed by atoms with Crippen molar-refractivity contribution in [2.45, 2.75) is 25.2 Å². The number of H-pyrrole nitrogens is 1. The zero-order valence-corrected chi connectivity index (χ0v) is 10.1. The molecule has 2 aromatic rings. The molecule has 2 aromatic heterocycles. The van der Waals surface area contributed by atoms with Gasteiger partial charge in [0.15, 0.2) is 5.82 Å². The highest BCUT2D eigenvalue weighted by Crippen LogP contribution is 2.18. The number of rotatable bonds is 4. The van der Waals surface area contributed by atoms with Crippen LogP contribution in [0.4, 0.5) is 0 Å². The fraction of sp³-hybridized carbons (Fsp3) is 0.500. The minimum Gasteiger partial charge on any atom is -0.394 e. The number of hydrogen-bond donors (Lipinski definition) is 5. The maximum atomic E-state index is 11.3. The highest BCUT2D eigenvalue weighted by atomic mass is 16.4. The third-order valence-corrected chi connectivity index (χ3v) is 2.79. The van der Waals surface area contributed by atoms with E-state index in [-0.39, 0.29) is 17.2 Å². The first-order valence-corrected chi connectivity index (χ1v) is 5.55. The van der Waals surface area contributed by atoms with Gasteiger partial charge in [0.2, 0.25) is 5.78 Å². The van der Waals surface area contributed by atoms with Crippen LogP contribution in [-0.2, 0) is 0 Å². The number of fused-ring (bicyclic) bond motifs is 1. The van der Waals surface area contributed by atoms with Gasteiger partial charge >= 0.3 is 0 Å². The number of aliphatic hydroxyl groups excluding tert-OH is 4. The quantitative estimate of drug-likeness (QED) is 0.412. The zero-order valence-electron chi connectivity index (χ0n) is 10.1. The average Bonchev–Trinajstić information content (AvgIpc) is 2.79. The number of aromatic amines is 1. The minimum atomic E-state index is -1.62. The van der Waals surface area contributed by atoms with Gasteiger partial charge in [0.1, 0.15) is 18.3 Å². The second-order valence-electron chi connectivity index (χ2n) is 4.18. The lowest BCUT2D eigenvalue weighted by Gasteiger charge is -2.20. The summed E-state index contributed by atoms with van der Waals surface area (Å²) in [6, 6.07) is 1.28. The van der Waals surface area contributed by atoms with Crippen LogP contribution in [-0.4, -0.2) is 58.8 Å². The summed E-state index contributed by atoms with van der Waals surface area (Å²) in [5, 5.41) is 45.0. The summed E-state index contributed by atoms with van der Waals surface area (Å²) in [4.78, 5) is 13.7. The Kier molecular flexibility index (Phi) is 3.62. The van der Waals surface area contributed by atoms with Crippen molar-refractivity contribution in [3.63, 3.8) is 0 Å². The molecular weight excluding hydrogens is 256 g/mol. The highest BCUT2D eigenvalue weighted by Gasteiger charge is 2.29. The van der Waals surface area contributed by atoms with E-state index >= 15 is 0 Å². The van der Waals surface area contributed by atoms with E-state index in [9.17, 15) is 20.1 Å². The molecule has 9 nitrogen and oxygen atoms in total. The molecule has 2 heterocycles. The molecular formula is C10H14N4O5. The third kappa shape index (κ3) is 2.36. The van der Waals surface area contributed by atoms with Gasteiger partial charge in [-0.05, 0) is 6.92 Å². The Morgan fingerprint density at radius 1 is 1.37 bits per heavy atom. The summed E-state index contributed by atoms with van der Waals surface area (Å²) in [5.41, 5.74) is 0.0952. The number of hydrogen-bond acceptors (Lipinski definition) is 7. The second-order valence-corrected chi connectivity index (χ2v) is 4.18. The fourth-order valence-corrected chi connectivity index (χ4v) is 1.79. The summed E-state index contributed by atoms with van der Waals surface area (Å²) in [5.74, 6) is 0.0773. The number of aryl methyl sites for hydroxylation is 1. The first kappa shape index (κ1) is 13.6. The van der Waals surface area contributed by atoms with E-state index in [0.717, 1.165) is 0 Å². The smallest absolute Gasteiger partial charge is 0.252 e. The van der Waals surface area contributed by atoms with Gasteiger partial charge in [-0.15, -0.1) is 10.2 Å². The first-order chi connectivity index (χ1) is 8.95. The van der Waals surface area contributed by atoms with Crippen LogP contribution in [0.3, 0.4) is 0 Å². The van der Waals surface area contributed by atoms with Gasteiger partial charge < -0.3 is 20.4 Å². The minimum absolute atomic E-state index is 0.0382. The van der Waals surface area contributed by atoms with Gasteiger partial charge in [-0.25, -0.2) is 0 Å². The monoisotopic (exact) mass is 270 g/mol. The second kappa shape index (κ2) is 5.05. The highest BCUT2D eigenvalue weighted by molar-refractivity contribution is 5.30. The van der Waals surface area contributed by atoms with Gasteiger partial charge in [0.25, 0.3) is 5.56 Å². The summed E-state index contributed by atoms with van der Waals surface area (Å²) in [6.45, 7) is 0.904. The number of nitrogens with one attached hydrogen (secondary N) is 1. The summed E-state index contributed by atoms with van der Waals surface area (Å²) < 4.78 is 1.35. The molecule has 0 spiro atoms. The predicted molar refractivity (Wildman–Crippen MR) is 62.4 cm³/mol. The molecule has 0 unspecified atom stereocenters. The lowest BCUT2D eigenvalue weighted by atomic mass is 10.1. The average molecular weight is 270 g/mol. The van der Waals surface area contributed by atoms with Crippen LogP contribution in [0.15, 0.2) is 10.9 Å². The standard InChI is InChI=1S/C10H14N4O5/c1-4-2-6(17)11-10-13-12-9(14(4)10)8(19)7(18)5(16)3-15/h2,5,7-8,15-16,18-19H,3H2,1H3,(H,11,13,17)/t5-,7-,8+/m0/s1. The molecule has 19 heavy (non-hydrogen) atoms. The van der Waals surface area contributed by atoms with Gasteiger partial charge in [-0.1, -0.05) is 0 Å². The van der Waals surface area contributed by atoms with E-state index in [1.54, 1.807) is 6.92 Å². The Hall–Kier alpha value is -1.81. The van der Waals surface area contributed by atoms with Crippen LogP contribution < -0.4 is 5.56 Å². The summed E-state index contributed by atoms with van der Waals surface area (Å²) >= 11 is 0. The van der Waals surface area contributed by atoms with E-state index in [1.165, 1.54) is 10.5 Å². The SMILES string of the molecule is Cc1cc(=O)[nH]c2nnc([C@H](O)[C@@H](O)[C@@H](O)CO)n12. The maximum Gasteiger partial charge on any atom is 0.252 e. The van der Waals surface area contributed by atoms with Crippen LogP contribution >= 0.6 is 0 Å². The molecule has 0 radical (unpaired) electrons. The summed E-state index contributed by atoms with van der Waals surface area (Å²) in [6.07, 6.45) is -4.68. The van der Waals surface area contributed by atoms with Gasteiger partial charge in [-0.2, -0.15) is 0 Å². The molecule has 0 fully saturated rings. The van der Waals surface area contributed by atoms with Crippen LogP contribution in [0.5, 0.6) is 0 Å². The van der Waals surface area contributed by atoms with Gasteiger partial charge in [0, 0.05) is 11.8 Å². The molecule has 0 saturated carbocycles. The van der Waals surface area contributed by atoms with Crippen molar-refractivity contribution in [3.8, 4) is 0 Å². The lowest BCUT2D eigenvalue weighted by molar-refractivity contribution is -0.0806. The molecule has 0 aliphatic rings. The van der Waals surface area contributed by atoms with Gasteiger partial charge in [0.05, 0.1) is 6.61 Å². The number of aromatic nitrogens is 4. The van der Waals surface area contributed by atoms with Crippen molar-refractivity contribution < 1.29 is 20.4 Å². The molecule has 2 rings (SSSR count). The zero-order chi connectivity index (χ0) is 14.2. The predicted octanol–water partition coefficient (Wildman–Crippen LogP) is -2.53. The molecule has 0 bridgehead atoms. The van der Waals surface area contributed by atoms with Crippen LogP contribution in [0.25, 0.3) is 5.78 Å². The van der Waals surface area contributed by atoms with Crippen LogP contribution in [0.2, 0.25) is 0 Å². The van der Waals surface area contributed by atoms with E-state index in [4.69, 9.17) is 5.11 Å². The molecule has 0 aliphatic carbocycles. The van der Waals surface area contributed by atoms with E-state index < -0.39 is 24.9 Å². The Morgan fingerprint density at radius 3 is 2.68 bits per heavy atom. The molecule has 0 aromatic carbocycles. The number of aliphatic hydroxyl groups is 4. The summed E-state index contributed by atoms with van der Waals surface area (Å²) in [7, 11) is 0. The molecule has 0 saturated heterocycles. The topological polar surface area (TPSA) is 144 Å². The van der Waals surface area contributed by atoms with Crippen molar-refractivity contribution in [1.82, 2.24) is 19.6 Å². The van der Waals surface area contributed by atoms with Crippen molar-refractivity contribution in [1.29, 1.82) is 0 Å². The van der Waals surface area contributed by atoms with Crippen molar-refractivity contribution in [3.05, 3.63) is 27.9 Å². The van der Waals surface area contributed by atoms with Crippen LogP contribution in [0, 0.1) is 6.92 Å². The molecule has 104 valence electrons. The normalized spacial score (nSPS) is 16.5. The van der Waals surface area contributed by atoms with E-state index in [2.05, 4.69) is 15.2 Å². The Bertz CT molecular complexity index is 636. The molecule has 3 atom stereocenters. The molecule has 5 N–H and O–H groups in total. The molecule has 0 amide bonds. The van der Waals surface area contributed by atoms with Crippen molar-refractivity contribution >= 4 is 5.78 Å². The Balaban J connectivity index is 2.49. The molecule has 9 heteroatoms. The van der Waals surface area contributed by atoms with Crippen molar-refractivity contribution in [2.24, 2.45) is 0 Å². The Labute approximate surface area is 106 Å². The van der Waals surface area contributed by atoms with Crippen molar-refractivity contribution in [2.75, 3.05) is 6.61 Å². The first-order valence-electron chi connectivity index (χ1n) is 5.55. The lowest BCUT2D eigenvalue weighted by Crippen LogP contribution is -2.35. The molecule has 0 aliphatic heterocycles. The van der Waals surface area contributed by atoms with E-state index in [1.807, 2.05) is 0 Å². The third-order valence-electron chi connectivity index (χ3n) is 2.79. The Morgan fingerprint density at radius 2 is 2.05 bits per heavy atom. The number of nitrogens with zero attached hydrogens (tertiary/aromatic N) is 3. The van der Waals surface area contributed by atoms with E-state index in [0.29, 0.717) is 5.69 Å². The maximum absolute atomic E-state index is 11.3.